The lowest BCUT2D eigenvalue weighted by Gasteiger charge is -2.12. The molecule has 0 aliphatic rings. The highest BCUT2D eigenvalue weighted by atomic mass is 79.9. The Hall–Kier alpha value is -0.580. The summed E-state index contributed by atoms with van der Waals surface area (Å²) < 4.78 is 5.21. The fourth-order valence-corrected chi connectivity index (χ4v) is 1.74. The maximum absolute atomic E-state index is 11.3. The third-order valence-corrected chi connectivity index (χ3v) is 3.21. The Morgan fingerprint density at radius 2 is 2.33 bits per heavy atom. The number of carbonyl (C=O) groups is 1. The molecule has 0 aliphatic carbocycles. The van der Waals surface area contributed by atoms with Crippen LogP contribution in [0.25, 0.3) is 0 Å². The normalized spacial score (nSPS) is 12.3. The lowest BCUT2D eigenvalue weighted by molar-refractivity contribution is -0.153. The van der Waals surface area contributed by atoms with Gasteiger partial charge in [0.05, 0.1) is 11.6 Å². The van der Waals surface area contributed by atoms with E-state index < -0.39 is 12.1 Å². The quantitative estimate of drug-likeness (QED) is 0.872. The Labute approximate surface area is 101 Å². The van der Waals surface area contributed by atoms with Crippen LogP contribution in [0.3, 0.4) is 0 Å². The Balaban J connectivity index is 2.96. The van der Waals surface area contributed by atoms with Crippen molar-refractivity contribution in [2.24, 2.45) is 0 Å². The van der Waals surface area contributed by atoms with Gasteiger partial charge in [-0.15, -0.1) is 0 Å². The largest absolute Gasteiger partial charge is 0.464 e. The average molecular weight is 294 g/mol. The number of halogens is 2. The van der Waals surface area contributed by atoms with Crippen molar-refractivity contribution in [1.82, 2.24) is 0 Å². The number of ether oxygens (including phenoxy) is 1. The van der Waals surface area contributed by atoms with Gasteiger partial charge in [0.2, 0.25) is 0 Å². The minimum atomic E-state index is -1.31. The van der Waals surface area contributed by atoms with E-state index in [1.807, 2.05) is 0 Å². The van der Waals surface area contributed by atoms with E-state index in [-0.39, 0.29) is 6.61 Å². The molecular weight excluding hydrogens is 283 g/mol. The number of hydrogen-bond donors (Lipinski definition) is 1. The summed E-state index contributed by atoms with van der Waals surface area (Å²) in [7, 11) is 0. The summed E-state index contributed by atoms with van der Waals surface area (Å²) in [6.07, 6.45) is -1.31. The third-order valence-electron chi connectivity index (χ3n) is 1.79. The van der Waals surface area contributed by atoms with Crippen molar-refractivity contribution >= 4 is 33.5 Å². The zero-order chi connectivity index (χ0) is 11.4. The van der Waals surface area contributed by atoms with E-state index in [9.17, 15) is 9.90 Å². The maximum Gasteiger partial charge on any atom is 0.339 e. The average Bonchev–Trinajstić information content (AvgIpc) is 2.21. The van der Waals surface area contributed by atoms with Gasteiger partial charge in [0.1, 0.15) is 0 Å². The van der Waals surface area contributed by atoms with Crippen molar-refractivity contribution in [3.63, 3.8) is 0 Å². The van der Waals surface area contributed by atoms with Crippen molar-refractivity contribution in [2.45, 2.75) is 13.0 Å². The first-order chi connectivity index (χ1) is 7.07. The second kappa shape index (κ2) is 5.49. The SMILES string of the molecule is CCOC(=O)C(O)c1cccc(Cl)c1Br. The molecule has 0 aliphatic heterocycles. The van der Waals surface area contributed by atoms with Crippen molar-refractivity contribution in [3.05, 3.63) is 33.3 Å². The number of rotatable bonds is 3. The van der Waals surface area contributed by atoms with Crippen LogP contribution in [0, 0.1) is 0 Å². The van der Waals surface area contributed by atoms with Gasteiger partial charge in [-0.05, 0) is 28.9 Å². The van der Waals surface area contributed by atoms with Crippen molar-refractivity contribution in [2.75, 3.05) is 6.61 Å². The van der Waals surface area contributed by atoms with Crippen LogP contribution in [0.1, 0.15) is 18.6 Å². The first-order valence-electron chi connectivity index (χ1n) is 4.36. The molecule has 82 valence electrons. The zero-order valence-corrected chi connectivity index (χ0v) is 10.4. The minimum Gasteiger partial charge on any atom is -0.464 e. The van der Waals surface area contributed by atoms with E-state index in [1.165, 1.54) is 0 Å². The van der Waals surface area contributed by atoms with Gasteiger partial charge in [-0.1, -0.05) is 23.7 Å². The number of carbonyl (C=O) groups excluding carboxylic acids is 1. The Bertz CT molecular complexity index is 368. The first-order valence-corrected chi connectivity index (χ1v) is 5.53. The van der Waals surface area contributed by atoms with Gasteiger partial charge in [0, 0.05) is 10.0 Å². The van der Waals surface area contributed by atoms with E-state index in [4.69, 9.17) is 16.3 Å². The predicted octanol–water partition coefficient (Wildman–Crippen LogP) is 2.70. The molecule has 1 N–H and O–H groups in total. The zero-order valence-electron chi connectivity index (χ0n) is 8.04. The Morgan fingerprint density at radius 1 is 1.67 bits per heavy atom. The fraction of sp³-hybridized carbons (Fsp3) is 0.300. The van der Waals surface area contributed by atoms with Crippen LogP contribution < -0.4 is 0 Å². The van der Waals surface area contributed by atoms with Crippen LogP contribution >= 0.6 is 27.5 Å². The number of aliphatic hydroxyl groups excluding tert-OH is 1. The molecule has 0 spiro atoms. The molecule has 0 aromatic heterocycles. The highest BCUT2D eigenvalue weighted by molar-refractivity contribution is 9.10. The topological polar surface area (TPSA) is 46.5 Å². The smallest absolute Gasteiger partial charge is 0.339 e. The summed E-state index contributed by atoms with van der Waals surface area (Å²) in [5.74, 6) is -0.680. The standard InChI is InChI=1S/C10H10BrClO3/c1-2-15-10(14)9(13)6-4-3-5-7(12)8(6)11/h3-5,9,13H,2H2,1H3. The summed E-state index contributed by atoms with van der Waals surface area (Å²) in [5.41, 5.74) is 0.404. The molecular formula is C10H10BrClO3. The van der Waals surface area contributed by atoms with Crippen molar-refractivity contribution in [3.8, 4) is 0 Å². The molecule has 1 aromatic rings. The monoisotopic (exact) mass is 292 g/mol. The van der Waals surface area contributed by atoms with Crippen LogP contribution in [0.15, 0.2) is 22.7 Å². The lowest BCUT2D eigenvalue weighted by Crippen LogP contribution is -2.15. The van der Waals surface area contributed by atoms with E-state index >= 15 is 0 Å². The molecule has 0 fully saturated rings. The van der Waals surface area contributed by atoms with E-state index in [2.05, 4.69) is 15.9 Å². The number of aliphatic hydroxyl groups is 1. The minimum absolute atomic E-state index is 0.230. The second-order valence-electron chi connectivity index (χ2n) is 2.80. The summed E-state index contributed by atoms with van der Waals surface area (Å²) in [6.45, 7) is 1.91. The fourth-order valence-electron chi connectivity index (χ4n) is 1.08. The van der Waals surface area contributed by atoms with Gasteiger partial charge in [-0.2, -0.15) is 0 Å². The van der Waals surface area contributed by atoms with Crippen molar-refractivity contribution < 1.29 is 14.6 Å². The molecule has 3 nitrogen and oxygen atoms in total. The molecule has 15 heavy (non-hydrogen) atoms. The van der Waals surface area contributed by atoms with Crippen LogP contribution in [0.5, 0.6) is 0 Å². The van der Waals surface area contributed by atoms with Crippen molar-refractivity contribution in [1.29, 1.82) is 0 Å². The third kappa shape index (κ3) is 2.93. The van der Waals surface area contributed by atoms with Crippen LogP contribution in [-0.4, -0.2) is 17.7 Å². The van der Waals surface area contributed by atoms with Crippen LogP contribution in [0.2, 0.25) is 5.02 Å². The second-order valence-corrected chi connectivity index (χ2v) is 4.00. The molecule has 1 atom stereocenters. The van der Waals surface area contributed by atoms with Gasteiger partial charge < -0.3 is 9.84 Å². The predicted molar refractivity (Wildman–Crippen MR) is 60.7 cm³/mol. The molecule has 0 saturated carbocycles. The molecule has 1 aromatic carbocycles. The summed E-state index contributed by atoms with van der Waals surface area (Å²) in [6, 6.07) is 4.93. The first kappa shape index (κ1) is 12.5. The molecule has 0 radical (unpaired) electrons. The van der Waals surface area contributed by atoms with Gasteiger partial charge >= 0.3 is 5.97 Å². The Kier molecular flexibility index (Phi) is 4.57. The summed E-state index contributed by atoms with van der Waals surface area (Å²) >= 11 is 9.03. The summed E-state index contributed by atoms with van der Waals surface area (Å²) in [5, 5.41) is 10.1. The number of hydrogen-bond acceptors (Lipinski definition) is 3. The molecule has 5 heteroatoms. The van der Waals surface area contributed by atoms with Gasteiger partial charge in [-0.3, -0.25) is 0 Å². The molecule has 0 saturated heterocycles. The van der Waals surface area contributed by atoms with Gasteiger partial charge in [0.15, 0.2) is 6.10 Å². The highest BCUT2D eigenvalue weighted by Gasteiger charge is 2.21. The number of esters is 1. The molecule has 1 unspecified atom stereocenters. The lowest BCUT2D eigenvalue weighted by atomic mass is 10.1. The van der Waals surface area contributed by atoms with E-state index in [0.29, 0.717) is 15.1 Å². The van der Waals surface area contributed by atoms with E-state index in [0.717, 1.165) is 0 Å². The molecule has 0 bridgehead atoms. The highest BCUT2D eigenvalue weighted by Crippen LogP contribution is 2.30. The molecule has 0 heterocycles. The van der Waals surface area contributed by atoms with Crippen LogP contribution in [-0.2, 0) is 9.53 Å². The van der Waals surface area contributed by atoms with E-state index in [1.54, 1.807) is 25.1 Å². The van der Waals surface area contributed by atoms with Crippen LogP contribution in [0.4, 0.5) is 0 Å². The van der Waals surface area contributed by atoms with Gasteiger partial charge in [0.25, 0.3) is 0 Å². The molecule has 0 amide bonds. The van der Waals surface area contributed by atoms with Gasteiger partial charge in [-0.25, -0.2) is 4.79 Å². The Morgan fingerprint density at radius 3 is 2.93 bits per heavy atom. The maximum atomic E-state index is 11.3. The summed E-state index contributed by atoms with van der Waals surface area (Å²) in [4.78, 5) is 11.3. The number of benzene rings is 1. The molecule has 1 rings (SSSR count).